The fourth-order valence-corrected chi connectivity index (χ4v) is 2.38. The van der Waals surface area contributed by atoms with Gasteiger partial charge in [0.15, 0.2) is 0 Å². The number of nitrogens with two attached hydrogens (primary N) is 1. The maximum atomic E-state index is 12.3. The van der Waals surface area contributed by atoms with Crippen LogP contribution in [-0.4, -0.2) is 34.9 Å². The molecule has 1 aliphatic rings. The van der Waals surface area contributed by atoms with Crippen molar-refractivity contribution >= 4 is 5.91 Å². The minimum atomic E-state index is -0.249. The van der Waals surface area contributed by atoms with Gasteiger partial charge in [0.05, 0.1) is 0 Å². The van der Waals surface area contributed by atoms with Crippen molar-refractivity contribution in [3.05, 3.63) is 34.2 Å². The number of hydrogen-bond acceptors (Lipinski definition) is 3. The average molecular weight is 249 g/mol. The van der Waals surface area contributed by atoms with E-state index in [0.29, 0.717) is 24.7 Å². The van der Waals surface area contributed by atoms with E-state index < -0.39 is 0 Å². The summed E-state index contributed by atoms with van der Waals surface area (Å²) in [6, 6.07) is 4.84. The number of piperidine rings is 1. The standard InChI is InChI=1S/C13H19N3O2/c1-9-5-6-10(7-14)8-16(9)13(18)11-3-2-4-12(17)15-11/h2-4,9-10H,5-8,14H2,1H3,(H,15,17). The Morgan fingerprint density at radius 1 is 1.50 bits per heavy atom. The Labute approximate surface area is 106 Å². The van der Waals surface area contributed by atoms with Gasteiger partial charge in [0.1, 0.15) is 5.69 Å². The Bertz CT molecular complexity index is 483. The molecular weight excluding hydrogens is 230 g/mol. The molecule has 5 heteroatoms. The van der Waals surface area contributed by atoms with Crippen molar-refractivity contribution < 1.29 is 4.79 Å². The lowest BCUT2D eigenvalue weighted by Crippen LogP contribution is -2.47. The Morgan fingerprint density at radius 2 is 2.28 bits per heavy atom. The zero-order valence-electron chi connectivity index (χ0n) is 10.6. The minimum absolute atomic E-state index is 0.113. The molecule has 1 aromatic heterocycles. The van der Waals surface area contributed by atoms with Crippen molar-refractivity contribution in [3.8, 4) is 0 Å². The molecule has 0 aliphatic carbocycles. The van der Waals surface area contributed by atoms with E-state index in [-0.39, 0.29) is 17.5 Å². The highest BCUT2D eigenvalue weighted by Crippen LogP contribution is 2.22. The molecule has 3 N–H and O–H groups in total. The van der Waals surface area contributed by atoms with Crippen molar-refractivity contribution in [2.75, 3.05) is 13.1 Å². The van der Waals surface area contributed by atoms with E-state index in [1.807, 2.05) is 11.8 Å². The molecule has 1 saturated heterocycles. The topological polar surface area (TPSA) is 79.2 Å². The van der Waals surface area contributed by atoms with Gasteiger partial charge in [-0.25, -0.2) is 0 Å². The van der Waals surface area contributed by atoms with Crippen LogP contribution >= 0.6 is 0 Å². The number of hydrogen-bond donors (Lipinski definition) is 2. The molecule has 0 bridgehead atoms. The highest BCUT2D eigenvalue weighted by molar-refractivity contribution is 5.92. The lowest BCUT2D eigenvalue weighted by atomic mass is 9.93. The molecule has 0 saturated carbocycles. The molecule has 0 aromatic carbocycles. The van der Waals surface area contributed by atoms with Crippen LogP contribution in [0, 0.1) is 5.92 Å². The van der Waals surface area contributed by atoms with Crippen LogP contribution in [-0.2, 0) is 0 Å². The van der Waals surface area contributed by atoms with Crippen LogP contribution in [0.5, 0.6) is 0 Å². The van der Waals surface area contributed by atoms with Gasteiger partial charge in [-0.2, -0.15) is 0 Å². The van der Waals surface area contributed by atoms with Gasteiger partial charge in [-0.15, -0.1) is 0 Å². The van der Waals surface area contributed by atoms with Gasteiger partial charge in [0.25, 0.3) is 5.91 Å². The molecule has 18 heavy (non-hydrogen) atoms. The molecule has 2 unspecified atom stereocenters. The highest BCUT2D eigenvalue weighted by atomic mass is 16.2. The minimum Gasteiger partial charge on any atom is -0.334 e. The number of H-pyrrole nitrogens is 1. The van der Waals surface area contributed by atoms with Crippen LogP contribution < -0.4 is 11.3 Å². The fourth-order valence-electron chi connectivity index (χ4n) is 2.38. The van der Waals surface area contributed by atoms with Crippen molar-refractivity contribution in [1.29, 1.82) is 0 Å². The smallest absolute Gasteiger partial charge is 0.270 e. The van der Waals surface area contributed by atoms with Crippen molar-refractivity contribution in [3.63, 3.8) is 0 Å². The van der Waals surface area contributed by atoms with Crippen LogP contribution in [0.2, 0.25) is 0 Å². The zero-order valence-corrected chi connectivity index (χ0v) is 10.6. The van der Waals surface area contributed by atoms with Gasteiger partial charge in [0, 0.05) is 18.7 Å². The summed E-state index contributed by atoms with van der Waals surface area (Å²) in [5.41, 5.74) is 5.78. The van der Waals surface area contributed by atoms with E-state index in [1.165, 1.54) is 6.07 Å². The summed E-state index contributed by atoms with van der Waals surface area (Å²) in [4.78, 5) is 28.0. The molecule has 1 amide bonds. The SMILES string of the molecule is CC1CCC(CN)CN1C(=O)c1cccc(=O)[nH]1. The maximum Gasteiger partial charge on any atom is 0.270 e. The Hall–Kier alpha value is -1.62. The average Bonchev–Trinajstić information content (AvgIpc) is 2.38. The monoisotopic (exact) mass is 249 g/mol. The third-order valence-electron chi connectivity index (χ3n) is 3.57. The van der Waals surface area contributed by atoms with Crippen LogP contribution in [0.3, 0.4) is 0 Å². The second-order valence-corrected chi connectivity index (χ2v) is 4.91. The quantitative estimate of drug-likeness (QED) is 0.804. The number of carbonyl (C=O) groups is 1. The number of nitrogens with one attached hydrogen (secondary N) is 1. The first-order valence-corrected chi connectivity index (χ1v) is 6.32. The number of nitrogens with zero attached hydrogens (tertiary/aromatic N) is 1. The number of amides is 1. The third-order valence-corrected chi connectivity index (χ3v) is 3.57. The maximum absolute atomic E-state index is 12.3. The molecule has 1 aromatic rings. The van der Waals surface area contributed by atoms with Crippen LogP contribution in [0.1, 0.15) is 30.3 Å². The van der Waals surface area contributed by atoms with Gasteiger partial charge in [-0.3, -0.25) is 9.59 Å². The second-order valence-electron chi connectivity index (χ2n) is 4.91. The van der Waals surface area contributed by atoms with Crippen molar-refractivity contribution in [2.45, 2.75) is 25.8 Å². The summed E-state index contributed by atoms with van der Waals surface area (Å²) < 4.78 is 0. The van der Waals surface area contributed by atoms with E-state index in [9.17, 15) is 9.59 Å². The molecule has 98 valence electrons. The summed E-state index contributed by atoms with van der Waals surface area (Å²) in [5.74, 6) is 0.249. The fraction of sp³-hybridized carbons (Fsp3) is 0.538. The lowest BCUT2D eigenvalue weighted by molar-refractivity contribution is 0.0560. The molecule has 0 radical (unpaired) electrons. The molecule has 1 aliphatic heterocycles. The molecule has 2 atom stereocenters. The van der Waals surface area contributed by atoms with Gasteiger partial charge in [0.2, 0.25) is 5.56 Å². The molecular formula is C13H19N3O2. The zero-order chi connectivity index (χ0) is 13.1. The lowest BCUT2D eigenvalue weighted by Gasteiger charge is -2.37. The van der Waals surface area contributed by atoms with Crippen LogP contribution in [0.4, 0.5) is 0 Å². The van der Waals surface area contributed by atoms with Crippen LogP contribution in [0.15, 0.2) is 23.0 Å². The van der Waals surface area contributed by atoms with Gasteiger partial charge < -0.3 is 15.6 Å². The summed E-state index contributed by atoms with van der Waals surface area (Å²) in [6.07, 6.45) is 2.03. The number of rotatable bonds is 2. The molecule has 5 nitrogen and oxygen atoms in total. The van der Waals surface area contributed by atoms with E-state index in [1.54, 1.807) is 12.1 Å². The molecule has 0 spiro atoms. The normalized spacial score (nSPS) is 24.0. The number of carbonyl (C=O) groups excluding carboxylic acids is 1. The van der Waals surface area contributed by atoms with Crippen molar-refractivity contribution in [1.82, 2.24) is 9.88 Å². The number of aromatic nitrogens is 1. The van der Waals surface area contributed by atoms with Gasteiger partial charge >= 0.3 is 0 Å². The Kier molecular flexibility index (Phi) is 3.81. The van der Waals surface area contributed by atoms with Gasteiger partial charge in [-0.05, 0) is 38.3 Å². The second kappa shape index (κ2) is 5.35. The summed E-state index contributed by atoms with van der Waals surface area (Å²) in [5, 5.41) is 0. The Balaban J connectivity index is 2.19. The van der Waals surface area contributed by atoms with Gasteiger partial charge in [-0.1, -0.05) is 6.07 Å². The third kappa shape index (κ3) is 2.61. The van der Waals surface area contributed by atoms with Crippen LogP contribution in [0.25, 0.3) is 0 Å². The largest absolute Gasteiger partial charge is 0.334 e. The molecule has 1 fully saturated rings. The summed E-state index contributed by atoms with van der Waals surface area (Å²) in [6.45, 7) is 3.31. The summed E-state index contributed by atoms with van der Waals surface area (Å²) in [7, 11) is 0. The first-order chi connectivity index (χ1) is 8.61. The first kappa shape index (κ1) is 12.8. The van der Waals surface area contributed by atoms with E-state index in [4.69, 9.17) is 5.73 Å². The van der Waals surface area contributed by atoms with E-state index in [2.05, 4.69) is 4.98 Å². The van der Waals surface area contributed by atoms with Crippen molar-refractivity contribution in [2.24, 2.45) is 11.7 Å². The Morgan fingerprint density at radius 3 is 2.94 bits per heavy atom. The highest BCUT2D eigenvalue weighted by Gasteiger charge is 2.29. The number of pyridine rings is 1. The molecule has 2 heterocycles. The number of likely N-dealkylation sites (tertiary alicyclic amines) is 1. The first-order valence-electron chi connectivity index (χ1n) is 6.32. The van der Waals surface area contributed by atoms with E-state index in [0.717, 1.165) is 12.8 Å². The predicted molar refractivity (Wildman–Crippen MR) is 69.3 cm³/mol. The summed E-state index contributed by atoms with van der Waals surface area (Å²) >= 11 is 0. The number of aromatic amines is 1. The molecule has 2 rings (SSSR count). The predicted octanol–water partition coefficient (Wildman–Crippen LogP) is 0.574. The van der Waals surface area contributed by atoms with E-state index >= 15 is 0 Å².